The Kier molecular flexibility index (Phi) is 7.37. The predicted octanol–water partition coefficient (Wildman–Crippen LogP) is 2.68. The Morgan fingerprint density at radius 1 is 1.18 bits per heavy atom. The van der Waals surface area contributed by atoms with Gasteiger partial charge in [-0.25, -0.2) is 0 Å². The first-order chi connectivity index (χ1) is 10.4. The van der Waals surface area contributed by atoms with Crippen LogP contribution in [0.2, 0.25) is 0 Å². The maximum absolute atomic E-state index is 12.0. The number of nitrogens with one attached hydrogen (secondary N) is 2. The third-order valence-electron chi connectivity index (χ3n) is 3.30. The first-order valence-electron chi connectivity index (χ1n) is 7.66. The molecule has 0 fully saturated rings. The summed E-state index contributed by atoms with van der Waals surface area (Å²) in [5.74, 6) is 0.0490. The normalized spacial score (nSPS) is 12.4. The molecule has 2 amide bonds. The average Bonchev–Trinajstić information content (AvgIpc) is 2.47. The second-order valence-electron chi connectivity index (χ2n) is 5.88. The highest BCUT2D eigenvalue weighted by molar-refractivity contribution is 5.88. The molecule has 1 unspecified atom stereocenters. The standard InChI is InChI=1S/C18H26N2O2/c1-13(2)12-16(18(22)19-4)20-17(21)7-5-6-15-10-8-14(3)9-11-15/h5-6,8-11,13,16H,7,12H2,1-4H3,(H,19,22)(H,20,21). The van der Waals surface area contributed by atoms with Crippen LogP contribution in [-0.2, 0) is 9.59 Å². The zero-order valence-electron chi connectivity index (χ0n) is 13.8. The van der Waals surface area contributed by atoms with E-state index in [1.54, 1.807) is 7.05 Å². The summed E-state index contributed by atoms with van der Waals surface area (Å²) in [4.78, 5) is 23.7. The summed E-state index contributed by atoms with van der Waals surface area (Å²) in [6.45, 7) is 6.09. The van der Waals surface area contributed by atoms with E-state index in [2.05, 4.69) is 10.6 Å². The lowest BCUT2D eigenvalue weighted by Gasteiger charge is -2.18. The molecule has 4 heteroatoms. The van der Waals surface area contributed by atoms with Crippen LogP contribution in [-0.4, -0.2) is 24.9 Å². The van der Waals surface area contributed by atoms with Crippen LogP contribution in [0.15, 0.2) is 30.3 Å². The highest BCUT2D eigenvalue weighted by atomic mass is 16.2. The molecular formula is C18H26N2O2. The van der Waals surface area contributed by atoms with Crippen LogP contribution in [0.4, 0.5) is 0 Å². The zero-order chi connectivity index (χ0) is 16.5. The van der Waals surface area contributed by atoms with Crippen LogP contribution in [0.1, 0.15) is 37.8 Å². The highest BCUT2D eigenvalue weighted by Crippen LogP contribution is 2.07. The van der Waals surface area contributed by atoms with Gasteiger partial charge in [0.15, 0.2) is 0 Å². The number of carbonyl (C=O) groups is 2. The first kappa shape index (κ1) is 18.0. The topological polar surface area (TPSA) is 58.2 Å². The Balaban J connectivity index is 2.52. The van der Waals surface area contributed by atoms with Gasteiger partial charge in [-0.1, -0.05) is 55.8 Å². The molecule has 120 valence electrons. The number of hydrogen-bond acceptors (Lipinski definition) is 2. The van der Waals surface area contributed by atoms with E-state index < -0.39 is 6.04 Å². The summed E-state index contributed by atoms with van der Waals surface area (Å²) >= 11 is 0. The van der Waals surface area contributed by atoms with Crippen molar-refractivity contribution in [3.63, 3.8) is 0 Å². The van der Waals surface area contributed by atoms with Gasteiger partial charge in [-0.15, -0.1) is 0 Å². The van der Waals surface area contributed by atoms with Crippen molar-refractivity contribution in [3.05, 3.63) is 41.5 Å². The molecule has 1 aromatic rings. The van der Waals surface area contributed by atoms with Gasteiger partial charge in [-0.3, -0.25) is 9.59 Å². The van der Waals surface area contributed by atoms with E-state index in [9.17, 15) is 9.59 Å². The van der Waals surface area contributed by atoms with Crippen molar-refractivity contribution in [1.82, 2.24) is 10.6 Å². The summed E-state index contributed by atoms with van der Waals surface area (Å²) < 4.78 is 0. The fourth-order valence-electron chi connectivity index (χ4n) is 2.11. The van der Waals surface area contributed by atoms with E-state index in [0.717, 1.165) is 5.56 Å². The van der Waals surface area contributed by atoms with E-state index in [1.165, 1.54) is 5.56 Å². The minimum Gasteiger partial charge on any atom is -0.357 e. The van der Waals surface area contributed by atoms with Gasteiger partial charge in [0, 0.05) is 13.5 Å². The van der Waals surface area contributed by atoms with Crippen LogP contribution < -0.4 is 10.6 Å². The third kappa shape index (κ3) is 6.57. The number of rotatable bonds is 7. The molecule has 22 heavy (non-hydrogen) atoms. The van der Waals surface area contributed by atoms with Gasteiger partial charge in [0.05, 0.1) is 0 Å². The Morgan fingerprint density at radius 3 is 2.36 bits per heavy atom. The maximum Gasteiger partial charge on any atom is 0.242 e. The van der Waals surface area contributed by atoms with Crippen molar-refractivity contribution >= 4 is 17.9 Å². The van der Waals surface area contributed by atoms with E-state index in [1.807, 2.05) is 57.2 Å². The van der Waals surface area contributed by atoms with Gasteiger partial charge in [-0.05, 0) is 24.8 Å². The number of hydrogen-bond donors (Lipinski definition) is 2. The van der Waals surface area contributed by atoms with Crippen molar-refractivity contribution < 1.29 is 9.59 Å². The number of likely N-dealkylation sites (N-methyl/N-ethyl adjacent to an activating group) is 1. The molecule has 0 saturated heterocycles. The second-order valence-corrected chi connectivity index (χ2v) is 5.88. The van der Waals surface area contributed by atoms with Crippen LogP contribution >= 0.6 is 0 Å². The van der Waals surface area contributed by atoms with E-state index in [0.29, 0.717) is 12.3 Å². The summed E-state index contributed by atoms with van der Waals surface area (Å²) in [6, 6.07) is 7.62. The third-order valence-corrected chi connectivity index (χ3v) is 3.30. The summed E-state index contributed by atoms with van der Waals surface area (Å²) in [5, 5.41) is 5.38. The van der Waals surface area contributed by atoms with Gasteiger partial charge in [0.25, 0.3) is 0 Å². The molecule has 0 aliphatic carbocycles. The fourth-order valence-corrected chi connectivity index (χ4v) is 2.11. The maximum atomic E-state index is 12.0. The molecule has 1 atom stereocenters. The van der Waals surface area contributed by atoms with E-state index in [4.69, 9.17) is 0 Å². The van der Waals surface area contributed by atoms with Gasteiger partial charge in [0.2, 0.25) is 11.8 Å². The lowest BCUT2D eigenvalue weighted by Crippen LogP contribution is -2.46. The minimum atomic E-state index is -0.467. The van der Waals surface area contributed by atoms with Crippen molar-refractivity contribution in [3.8, 4) is 0 Å². The van der Waals surface area contributed by atoms with E-state index >= 15 is 0 Å². The monoisotopic (exact) mass is 302 g/mol. The van der Waals surface area contributed by atoms with Crippen LogP contribution in [0.5, 0.6) is 0 Å². The zero-order valence-corrected chi connectivity index (χ0v) is 13.8. The van der Waals surface area contributed by atoms with Crippen molar-refractivity contribution in [2.75, 3.05) is 7.05 Å². The highest BCUT2D eigenvalue weighted by Gasteiger charge is 2.19. The predicted molar refractivity (Wildman–Crippen MR) is 90.3 cm³/mol. The molecule has 1 aromatic carbocycles. The SMILES string of the molecule is CNC(=O)C(CC(C)C)NC(=O)CC=Cc1ccc(C)cc1. The number of carbonyl (C=O) groups excluding carboxylic acids is 2. The molecule has 0 radical (unpaired) electrons. The molecule has 4 nitrogen and oxygen atoms in total. The van der Waals surface area contributed by atoms with Crippen LogP contribution in [0, 0.1) is 12.8 Å². The molecule has 0 spiro atoms. The lowest BCUT2D eigenvalue weighted by atomic mass is 10.0. The Morgan fingerprint density at radius 2 is 1.82 bits per heavy atom. The quantitative estimate of drug-likeness (QED) is 0.813. The second kappa shape index (κ2) is 9.03. The van der Waals surface area contributed by atoms with Crippen molar-refractivity contribution in [1.29, 1.82) is 0 Å². The molecule has 0 aromatic heterocycles. The number of benzene rings is 1. The average molecular weight is 302 g/mol. The summed E-state index contributed by atoms with van der Waals surface area (Å²) in [5.41, 5.74) is 2.26. The summed E-state index contributed by atoms with van der Waals surface area (Å²) in [6.07, 6.45) is 4.62. The molecule has 2 N–H and O–H groups in total. The van der Waals surface area contributed by atoms with Crippen molar-refractivity contribution in [2.24, 2.45) is 5.92 Å². The largest absolute Gasteiger partial charge is 0.357 e. The van der Waals surface area contributed by atoms with Crippen LogP contribution in [0.3, 0.4) is 0 Å². The van der Waals surface area contributed by atoms with Gasteiger partial charge in [-0.2, -0.15) is 0 Å². The Bertz CT molecular complexity index is 518. The minimum absolute atomic E-state index is 0.141. The Labute approximate surface area is 133 Å². The Hall–Kier alpha value is -2.10. The molecule has 0 saturated carbocycles. The van der Waals surface area contributed by atoms with Crippen molar-refractivity contribution in [2.45, 2.75) is 39.7 Å². The molecule has 1 rings (SSSR count). The first-order valence-corrected chi connectivity index (χ1v) is 7.66. The van der Waals surface area contributed by atoms with Gasteiger partial charge < -0.3 is 10.6 Å². The van der Waals surface area contributed by atoms with Crippen LogP contribution in [0.25, 0.3) is 6.08 Å². The lowest BCUT2D eigenvalue weighted by molar-refractivity contribution is -0.128. The van der Waals surface area contributed by atoms with Gasteiger partial charge >= 0.3 is 0 Å². The smallest absolute Gasteiger partial charge is 0.242 e. The van der Waals surface area contributed by atoms with E-state index in [-0.39, 0.29) is 18.2 Å². The fraction of sp³-hybridized carbons (Fsp3) is 0.444. The number of amides is 2. The summed E-state index contributed by atoms with van der Waals surface area (Å²) in [7, 11) is 1.58. The molecule has 0 aliphatic heterocycles. The number of aryl methyl sites for hydroxylation is 1. The molecular weight excluding hydrogens is 276 g/mol. The molecule has 0 aliphatic rings. The molecule has 0 heterocycles. The molecule has 0 bridgehead atoms. The van der Waals surface area contributed by atoms with Gasteiger partial charge in [0.1, 0.15) is 6.04 Å².